The third kappa shape index (κ3) is 12.6. The van der Waals surface area contributed by atoms with Crippen molar-refractivity contribution < 1.29 is 19.8 Å². The molecule has 6 rings (SSSR count). The first-order chi connectivity index (χ1) is 24.0. The molecule has 0 aliphatic carbocycles. The SMILES string of the molecule is O=C(O)CCCC(=O)O.c1ccc(NN(c2ccccc2)c2ccccc2)cc1.c1ccc(NN(c2ccccc2)c2ccccc2)cc1. The summed E-state index contributed by atoms with van der Waals surface area (Å²) in [5.74, 6) is -1.90. The zero-order chi connectivity index (χ0) is 34.5. The van der Waals surface area contributed by atoms with E-state index < -0.39 is 11.9 Å². The predicted molar refractivity (Wildman–Crippen MR) is 199 cm³/mol. The number of carbonyl (C=O) groups is 2. The van der Waals surface area contributed by atoms with Gasteiger partial charge in [-0.15, -0.1) is 0 Å². The van der Waals surface area contributed by atoms with Gasteiger partial charge < -0.3 is 10.2 Å². The molecular weight excluding hydrogens is 612 g/mol. The van der Waals surface area contributed by atoms with Gasteiger partial charge in [-0.25, -0.2) is 0 Å². The van der Waals surface area contributed by atoms with Crippen LogP contribution in [0.3, 0.4) is 0 Å². The van der Waals surface area contributed by atoms with Crippen molar-refractivity contribution in [3.05, 3.63) is 182 Å². The number of carboxylic acid groups (broad SMARTS) is 2. The summed E-state index contributed by atoms with van der Waals surface area (Å²) in [4.78, 5) is 19.6. The van der Waals surface area contributed by atoms with Crippen LogP contribution in [-0.2, 0) is 9.59 Å². The van der Waals surface area contributed by atoms with Crippen LogP contribution in [0.15, 0.2) is 182 Å². The van der Waals surface area contributed by atoms with Crippen LogP contribution in [0.25, 0.3) is 0 Å². The van der Waals surface area contributed by atoms with Gasteiger partial charge in [0.25, 0.3) is 0 Å². The number of nitrogens with one attached hydrogen (secondary N) is 2. The van der Waals surface area contributed by atoms with Crippen LogP contribution >= 0.6 is 0 Å². The molecule has 8 nitrogen and oxygen atoms in total. The molecule has 0 aliphatic rings. The summed E-state index contributed by atoms with van der Waals surface area (Å²) in [7, 11) is 0. The molecule has 4 N–H and O–H groups in total. The highest BCUT2D eigenvalue weighted by Gasteiger charge is 2.09. The normalized spacial score (nSPS) is 9.80. The zero-order valence-electron chi connectivity index (χ0n) is 27.0. The fourth-order valence-corrected chi connectivity index (χ4v) is 4.54. The van der Waals surface area contributed by atoms with Gasteiger partial charge in [0.2, 0.25) is 0 Å². The summed E-state index contributed by atoms with van der Waals surface area (Å²) in [6, 6.07) is 61.4. The third-order valence-electron chi connectivity index (χ3n) is 6.87. The Kier molecular flexibility index (Phi) is 14.3. The molecular formula is C41H40N4O4. The smallest absolute Gasteiger partial charge is 0.303 e. The Bertz CT molecular complexity index is 1570. The molecule has 6 aromatic carbocycles. The maximum Gasteiger partial charge on any atom is 0.303 e. The van der Waals surface area contributed by atoms with E-state index in [0.29, 0.717) is 0 Å². The van der Waals surface area contributed by atoms with Gasteiger partial charge in [-0.3, -0.25) is 30.5 Å². The Balaban J connectivity index is 0.000000179. The average molecular weight is 653 g/mol. The minimum Gasteiger partial charge on any atom is -0.481 e. The van der Waals surface area contributed by atoms with Gasteiger partial charge in [0.1, 0.15) is 0 Å². The maximum absolute atomic E-state index is 9.79. The van der Waals surface area contributed by atoms with Gasteiger partial charge >= 0.3 is 11.9 Å². The quantitative estimate of drug-likeness (QED) is 0.0969. The average Bonchev–Trinajstić information content (AvgIpc) is 3.15. The number of nitrogens with zero attached hydrogens (tertiary/aromatic N) is 2. The summed E-state index contributed by atoms with van der Waals surface area (Å²) in [6.45, 7) is 0. The number of para-hydroxylation sites is 6. The molecule has 248 valence electrons. The van der Waals surface area contributed by atoms with Crippen LogP contribution in [0.1, 0.15) is 19.3 Å². The highest BCUT2D eigenvalue weighted by Crippen LogP contribution is 2.27. The molecule has 0 heterocycles. The Morgan fingerprint density at radius 1 is 0.388 bits per heavy atom. The van der Waals surface area contributed by atoms with Gasteiger partial charge in [0.05, 0.1) is 34.1 Å². The van der Waals surface area contributed by atoms with Gasteiger partial charge in [0, 0.05) is 12.8 Å². The monoisotopic (exact) mass is 652 g/mol. The second kappa shape index (κ2) is 19.9. The van der Waals surface area contributed by atoms with Crippen molar-refractivity contribution in [3.8, 4) is 0 Å². The lowest BCUT2D eigenvalue weighted by atomic mass is 10.2. The van der Waals surface area contributed by atoms with E-state index >= 15 is 0 Å². The van der Waals surface area contributed by atoms with E-state index in [0.717, 1.165) is 34.1 Å². The Labute approximate surface area is 287 Å². The third-order valence-corrected chi connectivity index (χ3v) is 6.87. The number of hydrogen-bond acceptors (Lipinski definition) is 6. The Morgan fingerprint density at radius 3 is 0.837 bits per heavy atom. The van der Waals surface area contributed by atoms with E-state index in [4.69, 9.17) is 10.2 Å². The first-order valence-corrected chi connectivity index (χ1v) is 15.9. The summed E-state index contributed by atoms with van der Waals surface area (Å²) < 4.78 is 0. The van der Waals surface area contributed by atoms with Crippen LogP contribution in [0.2, 0.25) is 0 Å². The van der Waals surface area contributed by atoms with Crippen molar-refractivity contribution in [2.24, 2.45) is 0 Å². The van der Waals surface area contributed by atoms with Crippen molar-refractivity contribution >= 4 is 46.1 Å². The highest BCUT2D eigenvalue weighted by molar-refractivity contribution is 5.70. The molecule has 0 unspecified atom stereocenters. The molecule has 0 atom stereocenters. The minimum absolute atomic E-state index is 0.0632. The lowest BCUT2D eigenvalue weighted by Gasteiger charge is -2.26. The van der Waals surface area contributed by atoms with Crippen LogP contribution in [0.5, 0.6) is 0 Å². The standard InChI is InChI=1S/2C18H16N2.C5H8O4/c2*1-4-10-16(11-5-1)19-20(17-12-6-2-7-13-17)18-14-8-3-9-15-18;6-4(7)2-1-3-5(8)9/h2*1-15,19H;1-3H2,(H,6,7)(H,8,9). The molecule has 0 spiro atoms. The van der Waals surface area contributed by atoms with Gasteiger partial charge in [-0.05, 0) is 79.2 Å². The molecule has 0 aliphatic heterocycles. The Hall–Kier alpha value is -6.54. The minimum atomic E-state index is -0.948. The predicted octanol–water partition coefficient (Wildman–Crippen LogP) is 10.0. The number of rotatable bonds is 12. The van der Waals surface area contributed by atoms with Crippen LogP contribution in [0.4, 0.5) is 34.1 Å². The fraction of sp³-hybridized carbons (Fsp3) is 0.0732. The molecule has 49 heavy (non-hydrogen) atoms. The van der Waals surface area contributed by atoms with E-state index in [9.17, 15) is 9.59 Å². The lowest BCUT2D eigenvalue weighted by molar-refractivity contribution is -0.138. The van der Waals surface area contributed by atoms with Gasteiger partial charge in [0.15, 0.2) is 0 Å². The summed E-state index contributed by atoms with van der Waals surface area (Å²) >= 11 is 0. The summed E-state index contributed by atoms with van der Waals surface area (Å²) in [6.07, 6.45) is 0.0866. The highest BCUT2D eigenvalue weighted by atomic mass is 16.4. The molecule has 0 fully saturated rings. The van der Waals surface area contributed by atoms with Crippen LogP contribution in [-0.4, -0.2) is 22.2 Å². The Morgan fingerprint density at radius 2 is 0.612 bits per heavy atom. The number of aliphatic carboxylic acids is 2. The molecule has 6 aromatic rings. The molecule has 0 amide bonds. The van der Waals surface area contributed by atoms with Crippen molar-refractivity contribution in [2.75, 3.05) is 20.9 Å². The van der Waals surface area contributed by atoms with Crippen molar-refractivity contribution in [1.29, 1.82) is 0 Å². The van der Waals surface area contributed by atoms with Gasteiger partial charge in [-0.1, -0.05) is 109 Å². The molecule has 0 saturated carbocycles. The topological polar surface area (TPSA) is 105 Å². The van der Waals surface area contributed by atoms with Crippen molar-refractivity contribution in [2.45, 2.75) is 19.3 Å². The van der Waals surface area contributed by atoms with Crippen LogP contribution in [0, 0.1) is 0 Å². The van der Waals surface area contributed by atoms with Gasteiger partial charge in [-0.2, -0.15) is 0 Å². The number of benzene rings is 6. The lowest BCUT2D eigenvalue weighted by Crippen LogP contribution is -2.24. The number of hydrazine groups is 2. The number of hydrogen-bond donors (Lipinski definition) is 4. The fourth-order valence-electron chi connectivity index (χ4n) is 4.54. The van der Waals surface area contributed by atoms with E-state index in [1.807, 2.05) is 109 Å². The first kappa shape index (κ1) is 35.3. The van der Waals surface area contributed by atoms with Crippen molar-refractivity contribution in [1.82, 2.24) is 0 Å². The van der Waals surface area contributed by atoms with E-state index in [-0.39, 0.29) is 19.3 Å². The second-order valence-corrected chi connectivity index (χ2v) is 10.6. The van der Waals surface area contributed by atoms with Crippen LogP contribution < -0.4 is 20.9 Å². The van der Waals surface area contributed by atoms with E-state index in [2.05, 4.69) is 93.7 Å². The number of carboxylic acids is 2. The zero-order valence-corrected chi connectivity index (χ0v) is 27.0. The molecule has 0 aromatic heterocycles. The summed E-state index contributed by atoms with van der Waals surface area (Å²) in [5, 5.41) is 20.2. The van der Waals surface area contributed by atoms with Crippen molar-refractivity contribution in [3.63, 3.8) is 0 Å². The first-order valence-electron chi connectivity index (χ1n) is 15.9. The molecule has 0 radical (unpaired) electrons. The largest absolute Gasteiger partial charge is 0.481 e. The molecule has 0 saturated heterocycles. The molecule has 0 bridgehead atoms. The maximum atomic E-state index is 9.79. The molecule has 8 heteroatoms. The second-order valence-electron chi connectivity index (χ2n) is 10.6. The summed E-state index contributed by atoms with van der Waals surface area (Å²) in [5.41, 5.74) is 13.4. The van der Waals surface area contributed by atoms with E-state index in [1.165, 1.54) is 0 Å². The van der Waals surface area contributed by atoms with E-state index in [1.54, 1.807) is 0 Å². The number of anilines is 6.